The fourth-order valence-electron chi connectivity index (χ4n) is 0.895. The van der Waals surface area contributed by atoms with Gasteiger partial charge in [0.15, 0.2) is 5.75 Å². The summed E-state index contributed by atoms with van der Waals surface area (Å²) in [6.07, 6.45) is 0. The molecule has 13 heavy (non-hydrogen) atoms. The van der Waals surface area contributed by atoms with Crippen LogP contribution in [0.15, 0.2) is 19.2 Å². The molecule has 2 radical (unpaired) electrons. The summed E-state index contributed by atoms with van der Waals surface area (Å²) < 4.78 is 4.04. The van der Waals surface area contributed by atoms with Crippen molar-refractivity contribution in [2.75, 3.05) is 0 Å². The van der Waals surface area contributed by atoms with Gasteiger partial charge < -0.3 is 4.65 Å². The van der Waals surface area contributed by atoms with Gasteiger partial charge in [-0.15, -0.1) is 0 Å². The molecule has 0 bridgehead atoms. The molecule has 5 nitrogen and oxygen atoms in total. The van der Waals surface area contributed by atoms with Crippen molar-refractivity contribution in [1.29, 1.82) is 0 Å². The predicted molar refractivity (Wildman–Crippen MR) is 45.0 cm³/mol. The first-order valence-electron chi connectivity index (χ1n) is 3.26. The van der Waals surface area contributed by atoms with Crippen molar-refractivity contribution in [2.45, 2.75) is 6.92 Å². The summed E-state index contributed by atoms with van der Waals surface area (Å²) in [5.74, 6) is -0.561. The van der Waals surface area contributed by atoms with E-state index in [-0.39, 0.29) is 5.56 Å². The van der Waals surface area contributed by atoms with Gasteiger partial charge in [-0.25, -0.2) is 0 Å². The van der Waals surface area contributed by atoms with Crippen molar-refractivity contribution >= 4 is 8.05 Å². The molecule has 0 aliphatic carbocycles. The Balaban J connectivity index is 4.02. The monoisotopic (exact) mass is 178 g/mol. The van der Waals surface area contributed by atoms with Gasteiger partial charge in [0.1, 0.15) is 0 Å². The quantitative estimate of drug-likeness (QED) is 0.359. The Morgan fingerprint density at radius 2 is 1.38 bits per heavy atom. The van der Waals surface area contributed by atoms with Crippen LogP contribution in [0.1, 0.15) is 5.56 Å². The molecule has 0 unspecified atom stereocenters. The minimum absolute atomic E-state index is 0.239. The van der Waals surface area contributed by atoms with Crippen LogP contribution in [0.25, 0.3) is 0 Å². The van der Waals surface area contributed by atoms with E-state index in [1.165, 1.54) is 6.92 Å². The van der Waals surface area contributed by atoms with Gasteiger partial charge >= 0.3 is 8.05 Å². The molecule has 6 heteroatoms. The molecule has 0 aliphatic heterocycles. The summed E-state index contributed by atoms with van der Waals surface area (Å²) in [4.78, 5) is 43.4. The fourth-order valence-corrected chi connectivity index (χ4v) is 0.895. The van der Waals surface area contributed by atoms with Gasteiger partial charge in [0, 0.05) is 5.56 Å². The van der Waals surface area contributed by atoms with Gasteiger partial charge in [-0.2, -0.15) is 0 Å². The van der Waals surface area contributed by atoms with Gasteiger partial charge in [0.2, 0.25) is 5.43 Å². The predicted octanol–water partition coefficient (Wildman–Crippen LogP) is -2.23. The zero-order valence-electron chi connectivity index (χ0n) is 6.62. The van der Waals surface area contributed by atoms with Gasteiger partial charge in [-0.3, -0.25) is 19.2 Å². The lowest BCUT2D eigenvalue weighted by Crippen LogP contribution is -2.48. The van der Waals surface area contributed by atoms with Crippen LogP contribution in [0.3, 0.4) is 0 Å². The largest absolute Gasteiger partial charge is 0.565 e. The summed E-state index contributed by atoms with van der Waals surface area (Å²) in [5, 5.41) is 0. The van der Waals surface area contributed by atoms with E-state index in [1.807, 2.05) is 0 Å². The average Bonchev–Trinajstić information content (AvgIpc) is 2.13. The van der Waals surface area contributed by atoms with Crippen LogP contribution in [-0.2, 0) is 0 Å². The van der Waals surface area contributed by atoms with Crippen molar-refractivity contribution < 1.29 is 4.65 Å². The third kappa shape index (κ3) is 1.20. The van der Waals surface area contributed by atoms with Crippen molar-refractivity contribution in [3.8, 4) is 5.75 Å². The summed E-state index contributed by atoms with van der Waals surface area (Å²) in [5.41, 5.74) is -5.22. The molecule has 0 aromatic heterocycles. The molecule has 1 aromatic rings. The van der Waals surface area contributed by atoms with E-state index in [4.69, 9.17) is 0 Å². The van der Waals surface area contributed by atoms with Gasteiger partial charge in [-0.1, -0.05) is 0 Å². The van der Waals surface area contributed by atoms with Crippen molar-refractivity contribution in [1.82, 2.24) is 0 Å². The van der Waals surface area contributed by atoms with Crippen LogP contribution in [-0.4, -0.2) is 8.05 Å². The first kappa shape index (κ1) is 9.37. The third-order valence-electron chi connectivity index (χ3n) is 1.62. The summed E-state index contributed by atoms with van der Waals surface area (Å²) >= 11 is 0. The van der Waals surface area contributed by atoms with Crippen LogP contribution >= 0.6 is 0 Å². The van der Waals surface area contributed by atoms with Gasteiger partial charge in [0.05, 0.1) is 0 Å². The Labute approximate surface area is 72.7 Å². The molecule has 0 aliphatic rings. The maximum absolute atomic E-state index is 10.9. The summed E-state index contributed by atoms with van der Waals surface area (Å²) in [7, 11) is 4.66. The fraction of sp³-hybridized carbons (Fsp3) is 0.143. The van der Waals surface area contributed by atoms with Gasteiger partial charge in [-0.05, 0) is 6.92 Å². The van der Waals surface area contributed by atoms with Crippen molar-refractivity contribution in [3.63, 3.8) is 0 Å². The summed E-state index contributed by atoms with van der Waals surface area (Å²) in [6, 6.07) is 0. The molecule has 0 saturated carbocycles. The van der Waals surface area contributed by atoms with Gasteiger partial charge in [0.25, 0.3) is 16.3 Å². The smallest absolute Gasteiger partial charge is 0.374 e. The van der Waals surface area contributed by atoms with Crippen LogP contribution < -0.4 is 26.4 Å². The lowest BCUT2D eigenvalue weighted by Gasteiger charge is -1.98. The number of hydrogen-bond donors (Lipinski definition) is 0. The molecule has 0 heterocycles. The molecule has 0 atom stereocenters. The number of benzene rings is 1. The van der Waals surface area contributed by atoms with E-state index >= 15 is 0 Å². The Hall–Kier alpha value is -1.72. The van der Waals surface area contributed by atoms with Crippen molar-refractivity contribution in [3.05, 3.63) is 46.5 Å². The standard InChI is InChI=1S/C7H3BO5/c1-2-3(9)4(10)5(11)6(12)7(2)13-8/h1H3. The van der Waals surface area contributed by atoms with E-state index in [2.05, 4.69) is 12.7 Å². The Morgan fingerprint density at radius 1 is 0.923 bits per heavy atom. The van der Waals surface area contributed by atoms with Crippen molar-refractivity contribution in [2.24, 2.45) is 0 Å². The normalized spacial score (nSPS) is 9.92. The molecule has 0 N–H and O–H groups in total. The second-order valence-electron chi connectivity index (χ2n) is 2.39. The Morgan fingerprint density at radius 3 is 1.85 bits per heavy atom. The lowest BCUT2D eigenvalue weighted by atomic mass is 10.2. The maximum Gasteiger partial charge on any atom is 0.374 e. The molecule has 64 valence electrons. The highest BCUT2D eigenvalue weighted by molar-refractivity contribution is 6.00. The van der Waals surface area contributed by atoms with E-state index in [0.717, 1.165) is 0 Å². The lowest BCUT2D eigenvalue weighted by molar-refractivity contribution is 0.601. The molecule has 0 amide bonds. The van der Waals surface area contributed by atoms with Crippen LogP contribution in [0.2, 0.25) is 0 Å². The van der Waals surface area contributed by atoms with Crippen LogP contribution in [0.4, 0.5) is 0 Å². The maximum atomic E-state index is 10.9. The molecular weight excluding hydrogens is 175 g/mol. The zero-order valence-corrected chi connectivity index (χ0v) is 6.62. The number of hydrogen-bond acceptors (Lipinski definition) is 5. The average molecular weight is 178 g/mol. The zero-order chi connectivity index (χ0) is 10.2. The van der Waals surface area contributed by atoms with E-state index in [1.54, 1.807) is 0 Å². The SMILES string of the molecule is [B]Oc1c(C)c(=O)c(=O)c(=O)c1=O. The van der Waals surface area contributed by atoms with E-state index < -0.39 is 27.5 Å². The molecule has 0 spiro atoms. The number of rotatable bonds is 1. The second kappa shape index (κ2) is 2.97. The highest BCUT2D eigenvalue weighted by Gasteiger charge is 2.15. The highest BCUT2D eigenvalue weighted by atomic mass is 16.4. The van der Waals surface area contributed by atoms with E-state index in [9.17, 15) is 19.2 Å². The Kier molecular flexibility index (Phi) is 2.14. The van der Waals surface area contributed by atoms with Crippen LogP contribution in [0, 0.1) is 6.92 Å². The molecule has 1 aromatic carbocycles. The topological polar surface area (TPSA) is 77.5 Å². The van der Waals surface area contributed by atoms with E-state index in [0.29, 0.717) is 0 Å². The summed E-state index contributed by atoms with van der Waals surface area (Å²) in [6.45, 7) is 1.19. The molecule has 0 fully saturated rings. The minimum atomic E-state index is -1.41. The highest BCUT2D eigenvalue weighted by Crippen LogP contribution is 2.00. The molecule has 0 saturated heterocycles. The third-order valence-corrected chi connectivity index (χ3v) is 1.62. The Bertz CT molecular complexity index is 538. The minimum Gasteiger partial charge on any atom is -0.565 e. The second-order valence-corrected chi connectivity index (χ2v) is 2.39. The molecule has 1 rings (SSSR count). The van der Waals surface area contributed by atoms with Crippen LogP contribution in [0.5, 0.6) is 5.75 Å². The first-order valence-corrected chi connectivity index (χ1v) is 3.26. The molecular formula is C7H3BO5. The first-order chi connectivity index (χ1) is 6.00.